The molecule has 9 aromatic rings. The minimum atomic E-state index is 0.609. The Morgan fingerprint density at radius 2 is 0.833 bits per heavy atom. The first-order valence-electron chi connectivity index (χ1n) is 14.0. The molecule has 0 saturated heterocycles. The SMILES string of the molecule is N#Cc1cc(-n2cc3c4ccccc4c4ccccc4[n+]3c2)cc(-n2cc3c4ccccc4c4ccccc4[n+]3c2)c1. The lowest BCUT2D eigenvalue weighted by Crippen LogP contribution is -2.20. The third-order valence-electron chi connectivity index (χ3n) is 8.46. The predicted octanol–water partition coefficient (Wildman–Crippen LogP) is 7.23. The number of hydrogen-bond donors (Lipinski definition) is 0. The van der Waals surface area contributed by atoms with Gasteiger partial charge in [0.2, 0.25) is 0 Å². The Bertz CT molecular complexity index is 2280. The van der Waals surface area contributed by atoms with E-state index in [1.165, 1.54) is 32.3 Å². The van der Waals surface area contributed by atoms with Gasteiger partial charge in [0, 0.05) is 39.7 Å². The molecule has 0 spiro atoms. The third-order valence-corrected chi connectivity index (χ3v) is 8.46. The fourth-order valence-electron chi connectivity index (χ4n) is 6.56. The number of benzene rings is 5. The van der Waals surface area contributed by atoms with E-state index in [9.17, 15) is 5.26 Å². The van der Waals surface area contributed by atoms with E-state index in [0.717, 1.165) is 33.4 Å². The molecule has 0 aliphatic carbocycles. The van der Waals surface area contributed by atoms with Gasteiger partial charge in [-0.3, -0.25) is 0 Å². The Kier molecular flexibility index (Phi) is 4.61. The lowest BCUT2D eigenvalue weighted by Gasteiger charge is -2.03. The van der Waals surface area contributed by atoms with Crippen molar-refractivity contribution in [2.24, 2.45) is 0 Å². The van der Waals surface area contributed by atoms with Crippen molar-refractivity contribution >= 4 is 54.4 Å². The molecule has 5 nitrogen and oxygen atoms in total. The van der Waals surface area contributed by atoms with Gasteiger partial charge in [-0.05, 0) is 35.0 Å². The van der Waals surface area contributed by atoms with Gasteiger partial charge in [-0.15, -0.1) is 0 Å². The molecule has 194 valence electrons. The highest BCUT2D eigenvalue weighted by Crippen LogP contribution is 2.29. The molecule has 0 unspecified atom stereocenters. The minimum absolute atomic E-state index is 0.609. The maximum Gasteiger partial charge on any atom is 0.254 e. The molecule has 9 rings (SSSR count). The van der Waals surface area contributed by atoms with Crippen molar-refractivity contribution in [1.29, 1.82) is 5.26 Å². The zero-order valence-electron chi connectivity index (χ0n) is 22.5. The quantitative estimate of drug-likeness (QED) is 0.169. The number of hydrogen-bond acceptors (Lipinski definition) is 1. The monoisotopic (exact) mass is 537 g/mol. The Labute approximate surface area is 240 Å². The molecular formula is C37H23N5+2. The zero-order valence-corrected chi connectivity index (χ0v) is 22.5. The maximum absolute atomic E-state index is 10.0. The number of nitrogens with zero attached hydrogens (tertiary/aromatic N) is 5. The molecule has 42 heavy (non-hydrogen) atoms. The molecule has 0 N–H and O–H groups in total. The first kappa shape index (κ1) is 22.8. The molecule has 0 saturated carbocycles. The van der Waals surface area contributed by atoms with Crippen LogP contribution in [0.25, 0.3) is 65.8 Å². The number of nitriles is 1. The molecule has 5 aromatic carbocycles. The summed E-state index contributed by atoms with van der Waals surface area (Å²) in [6.45, 7) is 0. The van der Waals surface area contributed by atoms with Crippen molar-refractivity contribution in [2.75, 3.05) is 0 Å². The summed E-state index contributed by atoms with van der Waals surface area (Å²) in [5.74, 6) is 0. The van der Waals surface area contributed by atoms with Gasteiger partial charge in [-0.2, -0.15) is 14.1 Å². The zero-order chi connectivity index (χ0) is 27.8. The van der Waals surface area contributed by atoms with Crippen LogP contribution in [-0.4, -0.2) is 9.13 Å². The lowest BCUT2D eigenvalue weighted by atomic mass is 10.1. The van der Waals surface area contributed by atoms with Crippen LogP contribution in [0.1, 0.15) is 5.56 Å². The summed E-state index contributed by atoms with van der Waals surface area (Å²) in [4.78, 5) is 0. The average Bonchev–Trinajstić information content (AvgIpc) is 3.72. The molecule has 4 aromatic heterocycles. The summed E-state index contributed by atoms with van der Waals surface area (Å²) in [7, 11) is 0. The summed E-state index contributed by atoms with van der Waals surface area (Å²) < 4.78 is 8.74. The van der Waals surface area contributed by atoms with E-state index in [0.29, 0.717) is 5.56 Å². The standard InChI is InChI=1S/C37H23N5/c38-20-25-17-26(39-21-36-32-13-3-1-9-28(32)30-11-5-7-15-34(30)41(36)23-39)19-27(18-25)40-22-37-33-14-4-2-10-29(33)31-12-6-8-16-35(31)42(37)24-40/h1-19,21-24H/q+2. The molecule has 0 fully saturated rings. The van der Waals surface area contributed by atoms with Crippen LogP contribution in [0.5, 0.6) is 0 Å². The van der Waals surface area contributed by atoms with Crippen molar-refractivity contribution in [1.82, 2.24) is 9.13 Å². The predicted molar refractivity (Wildman–Crippen MR) is 166 cm³/mol. The molecule has 4 heterocycles. The molecular weight excluding hydrogens is 514 g/mol. The Morgan fingerprint density at radius 3 is 1.26 bits per heavy atom. The molecule has 0 aliphatic rings. The fraction of sp³-hybridized carbons (Fsp3) is 0. The van der Waals surface area contributed by atoms with Crippen molar-refractivity contribution in [3.05, 3.63) is 146 Å². The lowest BCUT2D eigenvalue weighted by molar-refractivity contribution is -0.480. The average molecular weight is 538 g/mol. The third kappa shape index (κ3) is 3.18. The Morgan fingerprint density at radius 1 is 0.452 bits per heavy atom. The second-order valence-electron chi connectivity index (χ2n) is 10.8. The van der Waals surface area contributed by atoms with E-state index in [2.05, 4.69) is 152 Å². The maximum atomic E-state index is 10.0. The van der Waals surface area contributed by atoms with Gasteiger partial charge in [0.15, 0.2) is 11.0 Å². The van der Waals surface area contributed by atoms with E-state index >= 15 is 0 Å². The molecule has 0 atom stereocenters. The Hall–Kier alpha value is -5.99. The van der Waals surface area contributed by atoms with Crippen LogP contribution in [0.4, 0.5) is 0 Å². The van der Waals surface area contributed by atoms with Gasteiger partial charge < -0.3 is 0 Å². The fourth-order valence-corrected chi connectivity index (χ4v) is 6.56. The second kappa shape index (κ2) is 8.50. The van der Waals surface area contributed by atoms with Crippen LogP contribution in [0.3, 0.4) is 0 Å². The first-order chi connectivity index (χ1) is 20.8. The van der Waals surface area contributed by atoms with Crippen LogP contribution in [-0.2, 0) is 0 Å². The minimum Gasteiger partial charge on any atom is -0.201 e. The summed E-state index contributed by atoms with van der Waals surface area (Å²) in [6.07, 6.45) is 8.56. The van der Waals surface area contributed by atoms with Gasteiger partial charge in [-0.1, -0.05) is 72.8 Å². The highest BCUT2D eigenvalue weighted by Gasteiger charge is 2.21. The number of imidazole rings is 2. The van der Waals surface area contributed by atoms with Gasteiger partial charge in [0.1, 0.15) is 34.8 Å². The molecule has 0 bridgehead atoms. The molecule has 0 aliphatic heterocycles. The van der Waals surface area contributed by atoms with Crippen LogP contribution < -0.4 is 8.80 Å². The van der Waals surface area contributed by atoms with E-state index < -0.39 is 0 Å². The molecule has 5 heteroatoms. The van der Waals surface area contributed by atoms with Crippen molar-refractivity contribution in [3.8, 4) is 17.4 Å². The highest BCUT2D eigenvalue weighted by molar-refractivity contribution is 6.10. The summed E-state index contributed by atoms with van der Waals surface area (Å²) >= 11 is 0. The number of aromatic nitrogens is 4. The van der Waals surface area contributed by atoms with Crippen LogP contribution >= 0.6 is 0 Å². The van der Waals surface area contributed by atoms with E-state index in [-0.39, 0.29) is 0 Å². The van der Waals surface area contributed by atoms with Crippen LogP contribution in [0.15, 0.2) is 140 Å². The number of rotatable bonds is 2. The van der Waals surface area contributed by atoms with Gasteiger partial charge in [0.25, 0.3) is 12.7 Å². The summed E-state index contributed by atoms with van der Waals surface area (Å²) in [5.41, 5.74) is 7.00. The van der Waals surface area contributed by atoms with E-state index in [4.69, 9.17) is 0 Å². The highest BCUT2D eigenvalue weighted by atomic mass is 15.1. The normalized spacial score (nSPS) is 11.8. The van der Waals surface area contributed by atoms with Crippen LogP contribution in [0, 0.1) is 11.3 Å². The number of fused-ring (bicyclic) bond motifs is 12. The Balaban J connectivity index is 1.30. The number of para-hydroxylation sites is 2. The largest absolute Gasteiger partial charge is 0.254 e. The van der Waals surface area contributed by atoms with Crippen molar-refractivity contribution in [3.63, 3.8) is 0 Å². The van der Waals surface area contributed by atoms with Gasteiger partial charge >= 0.3 is 0 Å². The molecule has 0 amide bonds. The smallest absolute Gasteiger partial charge is 0.201 e. The van der Waals surface area contributed by atoms with E-state index in [1.54, 1.807) is 0 Å². The van der Waals surface area contributed by atoms with E-state index in [1.807, 2.05) is 12.1 Å². The summed E-state index contributed by atoms with van der Waals surface area (Å²) in [6, 6.07) is 42.6. The first-order valence-corrected chi connectivity index (χ1v) is 14.0. The number of pyridine rings is 2. The van der Waals surface area contributed by atoms with Crippen molar-refractivity contribution < 1.29 is 8.80 Å². The molecule has 0 radical (unpaired) electrons. The summed E-state index contributed by atoms with van der Waals surface area (Å²) in [5, 5.41) is 17.3. The second-order valence-corrected chi connectivity index (χ2v) is 10.8. The van der Waals surface area contributed by atoms with Crippen LogP contribution in [0.2, 0.25) is 0 Å². The van der Waals surface area contributed by atoms with Crippen molar-refractivity contribution in [2.45, 2.75) is 0 Å². The topological polar surface area (TPSA) is 41.9 Å². The van der Waals surface area contributed by atoms with Gasteiger partial charge in [0.05, 0.1) is 11.6 Å². The van der Waals surface area contributed by atoms with Gasteiger partial charge in [-0.25, -0.2) is 9.13 Å².